The molecule has 3 rings (SSSR count). The zero-order valence-corrected chi connectivity index (χ0v) is 9.52. The molecule has 0 radical (unpaired) electrons. The lowest BCUT2D eigenvalue weighted by Gasteiger charge is -2.16. The Hall–Kier alpha value is -1.77. The Balaban J connectivity index is 2.11. The van der Waals surface area contributed by atoms with Crippen molar-refractivity contribution in [2.45, 2.75) is 31.5 Å². The van der Waals surface area contributed by atoms with Gasteiger partial charge in [-0.1, -0.05) is 0 Å². The number of rotatable bonds is 1. The zero-order chi connectivity index (χ0) is 12.9. The van der Waals surface area contributed by atoms with Crippen LogP contribution in [0.3, 0.4) is 0 Å². The third kappa shape index (κ3) is 1.47. The standard InChI is InChI=1S/C10H12N4O4/c1-4-6(15)7(16)10(18-4)14-3-13-5-8(14)11-2-12-9(5)17/h2-4,6-7,10,15-16H,1H3,(H,11,12,17)/t4-,6-,7-,10-/m1/s1. The van der Waals surface area contributed by atoms with Crippen molar-refractivity contribution in [3.63, 3.8) is 0 Å². The fourth-order valence-corrected chi connectivity index (χ4v) is 2.11. The Morgan fingerprint density at radius 1 is 1.39 bits per heavy atom. The number of fused-ring (bicyclic) bond motifs is 1. The number of aromatic nitrogens is 4. The fourth-order valence-electron chi connectivity index (χ4n) is 2.11. The third-order valence-electron chi connectivity index (χ3n) is 3.12. The summed E-state index contributed by atoms with van der Waals surface area (Å²) in [7, 11) is 0. The molecule has 0 spiro atoms. The van der Waals surface area contributed by atoms with E-state index in [2.05, 4.69) is 15.0 Å². The fraction of sp³-hybridized carbons (Fsp3) is 0.500. The summed E-state index contributed by atoms with van der Waals surface area (Å²) in [6, 6.07) is 0. The van der Waals surface area contributed by atoms with Gasteiger partial charge in [0.15, 0.2) is 17.4 Å². The van der Waals surface area contributed by atoms with Gasteiger partial charge in [-0.05, 0) is 6.92 Å². The van der Waals surface area contributed by atoms with Crippen LogP contribution in [0.5, 0.6) is 0 Å². The van der Waals surface area contributed by atoms with Crippen LogP contribution in [-0.4, -0.2) is 48.0 Å². The van der Waals surface area contributed by atoms with E-state index in [1.807, 2.05) is 0 Å². The van der Waals surface area contributed by atoms with Gasteiger partial charge in [-0.15, -0.1) is 0 Å². The molecular weight excluding hydrogens is 240 g/mol. The van der Waals surface area contributed by atoms with Gasteiger partial charge in [-0.3, -0.25) is 9.36 Å². The van der Waals surface area contributed by atoms with Gasteiger partial charge in [0, 0.05) is 0 Å². The molecule has 4 atom stereocenters. The predicted molar refractivity (Wildman–Crippen MR) is 59.7 cm³/mol. The molecule has 0 amide bonds. The first-order valence-corrected chi connectivity index (χ1v) is 5.51. The van der Waals surface area contributed by atoms with Crippen LogP contribution in [0.25, 0.3) is 11.2 Å². The summed E-state index contributed by atoms with van der Waals surface area (Å²) in [5.41, 5.74) is 0.117. The normalized spacial score (nSPS) is 32.2. The molecule has 0 unspecified atom stereocenters. The monoisotopic (exact) mass is 252 g/mol. The first-order valence-electron chi connectivity index (χ1n) is 5.51. The van der Waals surface area contributed by atoms with E-state index in [0.29, 0.717) is 5.65 Å². The molecule has 18 heavy (non-hydrogen) atoms. The number of nitrogens with one attached hydrogen (secondary N) is 1. The van der Waals surface area contributed by atoms with Crippen LogP contribution in [0.4, 0.5) is 0 Å². The molecule has 0 aromatic carbocycles. The van der Waals surface area contributed by atoms with Gasteiger partial charge in [-0.25, -0.2) is 9.97 Å². The van der Waals surface area contributed by atoms with Crippen molar-refractivity contribution >= 4 is 11.2 Å². The molecule has 1 aliphatic heterocycles. The SMILES string of the molecule is C[C@H]1O[C@@H](n2cnc3c(=O)[nH]cnc32)[C@H](O)[C@@H]1O. The average Bonchev–Trinajstić information content (AvgIpc) is 2.88. The number of nitrogens with zero attached hydrogens (tertiary/aromatic N) is 3. The largest absolute Gasteiger partial charge is 0.388 e. The molecule has 0 aliphatic carbocycles. The number of aliphatic hydroxyl groups is 2. The number of H-pyrrole nitrogens is 1. The summed E-state index contributed by atoms with van der Waals surface area (Å²) in [6.07, 6.45) is -0.734. The van der Waals surface area contributed by atoms with Crippen molar-refractivity contribution in [3.05, 3.63) is 23.0 Å². The van der Waals surface area contributed by atoms with E-state index < -0.39 is 24.5 Å². The van der Waals surface area contributed by atoms with Gasteiger partial charge in [0.1, 0.15) is 12.2 Å². The Kier molecular flexibility index (Phi) is 2.44. The molecule has 1 fully saturated rings. The first kappa shape index (κ1) is 11.3. The predicted octanol–water partition coefficient (Wildman–Crippen LogP) is -1.24. The van der Waals surface area contributed by atoms with Gasteiger partial charge >= 0.3 is 0 Å². The quantitative estimate of drug-likeness (QED) is 0.585. The third-order valence-corrected chi connectivity index (χ3v) is 3.12. The second-order valence-corrected chi connectivity index (χ2v) is 4.27. The highest BCUT2D eigenvalue weighted by Crippen LogP contribution is 2.30. The number of imidazole rings is 1. The highest BCUT2D eigenvalue weighted by atomic mass is 16.6. The minimum atomic E-state index is -1.08. The first-order chi connectivity index (χ1) is 8.59. The summed E-state index contributed by atoms with van der Waals surface area (Å²) in [4.78, 5) is 21.8. The van der Waals surface area contributed by atoms with E-state index in [0.717, 1.165) is 0 Å². The van der Waals surface area contributed by atoms with Crippen LogP contribution in [-0.2, 0) is 4.74 Å². The van der Waals surface area contributed by atoms with Gasteiger partial charge in [0.05, 0.1) is 18.8 Å². The second kappa shape index (κ2) is 3.87. The highest BCUT2D eigenvalue weighted by Gasteiger charge is 2.41. The van der Waals surface area contributed by atoms with Crippen LogP contribution in [0, 0.1) is 0 Å². The van der Waals surface area contributed by atoms with Crippen molar-refractivity contribution in [3.8, 4) is 0 Å². The van der Waals surface area contributed by atoms with Crippen molar-refractivity contribution in [1.29, 1.82) is 0 Å². The molecular formula is C10H12N4O4. The molecule has 1 aliphatic rings. The molecule has 2 aromatic rings. The van der Waals surface area contributed by atoms with Crippen molar-refractivity contribution in [2.24, 2.45) is 0 Å². The van der Waals surface area contributed by atoms with Gasteiger partial charge < -0.3 is 19.9 Å². The molecule has 0 bridgehead atoms. The van der Waals surface area contributed by atoms with Crippen LogP contribution < -0.4 is 5.56 Å². The maximum atomic E-state index is 11.5. The maximum absolute atomic E-state index is 11.5. The van der Waals surface area contributed by atoms with E-state index in [4.69, 9.17) is 4.74 Å². The average molecular weight is 252 g/mol. The minimum Gasteiger partial charge on any atom is -0.388 e. The molecule has 2 aromatic heterocycles. The summed E-state index contributed by atoms with van der Waals surface area (Å²) >= 11 is 0. The van der Waals surface area contributed by atoms with E-state index in [1.54, 1.807) is 6.92 Å². The van der Waals surface area contributed by atoms with Crippen molar-refractivity contribution in [1.82, 2.24) is 19.5 Å². The van der Waals surface area contributed by atoms with Crippen LogP contribution in [0.2, 0.25) is 0 Å². The molecule has 3 heterocycles. The molecule has 8 nitrogen and oxygen atoms in total. The lowest BCUT2D eigenvalue weighted by atomic mass is 10.1. The number of aromatic amines is 1. The number of hydrogen-bond acceptors (Lipinski definition) is 6. The Morgan fingerprint density at radius 3 is 2.83 bits per heavy atom. The van der Waals surface area contributed by atoms with Gasteiger partial charge in [0.2, 0.25) is 0 Å². The number of ether oxygens (including phenoxy) is 1. The lowest BCUT2D eigenvalue weighted by Crippen LogP contribution is -2.30. The molecule has 1 saturated heterocycles. The smallest absolute Gasteiger partial charge is 0.278 e. The van der Waals surface area contributed by atoms with E-state index in [1.165, 1.54) is 17.2 Å². The topological polar surface area (TPSA) is 113 Å². The Labute approximate surface area is 101 Å². The minimum absolute atomic E-state index is 0.169. The number of hydrogen-bond donors (Lipinski definition) is 3. The van der Waals surface area contributed by atoms with Crippen LogP contribution >= 0.6 is 0 Å². The maximum Gasteiger partial charge on any atom is 0.278 e. The molecule has 96 valence electrons. The van der Waals surface area contributed by atoms with E-state index >= 15 is 0 Å². The molecule has 3 N–H and O–H groups in total. The Bertz CT molecular complexity index is 636. The summed E-state index contributed by atoms with van der Waals surface area (Å²) in [5.74, 6) is 0. The lowest BCUT2D eigenvalue weighted by molar-refractivity contribution is -0.0299. The van der Waals surface area contributed by atoms with Crippen LogP contribution in [0.15, 0.2) is 17.4 Å². The van der Waals surface area contributed by atoms with Crippen LogP contribution in [0.1, 0.15) is 13.2 Å². The number of aliphatic hydroxyl groups excluding tert-OH is 2. The van der Waals surface area contributed by atoms with Gasteiger partial charge in [0.25, 0.3) is 5.56 Å². The van der Waals surface area contributed by atoms with E-state index in [9.17, 15) is 15.0 Å². The highest BCUT2D eigenvalue weighted by molar-refractivity contribution is 5.68. The molecule has 0 saturated carbocycles. The summed E-state index contributed by atoms with van der Waals surface area (Å²) < 4.78 is 6.90. The molecule has 8 heteroatoms. The van der Waals surface area contributed by atoms with Crippen molar-refractivity contribution in [2.75, 3.05) is 0 Å². The van der Waals surface area contributed by atoms with Gasteiger partial charge in [-0.2, -0.15) is 0 Å². The summed E-state index contributed by atoms with van der Waals surface area (Å²) in [5, 5.41) is 19.6. The zero-order valence-electron chi connectivity index (χ0n) is 9.52. The Morgan fingerprint density at radius 2 is 2.17 bits per heavy atom. The summed E-state index contributed by atoms with van der Waals surface area (Å²) in [6.45, 7) is 1.66. The van der Waals surface area contributed by atoms with E-state index in [-0.39, 0.29) is 11.1 Å². The van der Waals surface area contributed by atoms with Crippen molar-refractivity contribution < 1.29 is 14.9 Å². The second-order valence-electron chi connectivity index (χ2n) is 4.27.